The van der Waals surface area contributed by atoms with Crippen molar-refractivity contribution in [1.29, 1.82) is 0 Å². The highest BCUT2D eigenvalue weighted by Gasteiger charge is 2.49. The molecule has 0 aliphatic carbocycles. The average molecular weight is 493 g/mol. The highest BCUT2D eigenvalue weighted by atomic mass is 19.1. The van der Waals surface area contributed by atoms with E-state index in [0.29, 0.717) is 19.6 Å². The molecule has 0 bridgehead atoms. The number of carbonyl (C=O) groups excluding carboxylic acids is 1. The van der Waals surface area contributed by atoms with Crippen LogP contribution in [0.1, 0.15) is 42.1 Å². The average Bonchev–Trinajstić information content (AvgIpc) is 3.33. The quantitative estimate of drug-likeness (QED) is 0.399. The molecule has 188 valence electrons. The Kier molecular flexibility index (Phi) is 7.27. The molecule has 4 N–H and O–H groups in total. The molecule has 3 aromatic carbocycles. The van der Waals surface area contributed by atoms with E-state index in [-0.39, 0.29) is 47.6 Å². The number of halogens is 2. The Balaban J connectivity index is 1.38. The van der Waals surface area contributed by atoms with Gasteiger partial charge in [-0.15, -0.1) is 0 Å². The number of nitrogens with one attached hydrogen (secondary N) is 4. The van der Waals surface area contributed by atoms with E-state index in [4.69, 9.17) is 4.74 Å². The third kappa shape index (κ3) is 5.26. The van der Waals surface area contributed by atoms with Gasteiger partial charge in [0.2, 0.25) is 5.91 Å². The van der Waals surface area contributed by atoms with E-state index < -0.39 is 0 Å². The first-order chi connectivity index (χ1) is 17.5. The zero-order valence-electron chi connectivity index (χ0n) is 20.0. The molecule has 0 saturated carbocycles. The van der Waals surface area contributed by atoms with E-state index in [9.17, 15) is 13.6 Å². The van der Waals surface area contributed by atoms with Gasteiger partial charge in [-0.25, -0.2) is 19.6 Å². The van der Waals surface area contributed by atoms with Crippen LogP contribution in [0.25, 0.3) is 0 Å². The SMILES string of the molecule is CCOc1ccc(C2CC(C(=O)NCc3ccc(F)cc3)C3C(NNC3c3ccc(F)cc3)N2)cc1. The fourth-order valence-electron chi connectivity index (χ4n) is 5.25. The zero-order chi connectivity index (χ0) is 25.1. The van der Waals surface area contributed by atoms with Gasteiger partial charge in [0.05, 0.1) is 18.8 Å². The van der Waals surface area contributed by atoms with Gasteiger partial charge in [0, 0.05) is 24.4 Å². The van der Waals surface area contributed by atoms with E-state index in [2.05, 4.69) is 21.5 Å². The first-order valence-electron chi connectivity index (χ1n) is 12.3. The van der Waals surface area contributed by atoms with Crippen LogP contribution in [0.15, 0.2) is 72.8 Å². The topological polar surface area (TPSA) is 74.4 Å². The Bertz CT molecular complexity index is 1170. The van der Waals surface area contributed by atoms with E-state index in [1.54, 1.807) is 24.3 Å². The standard InChI is InChI=1S/C28H30F2N4O2/c1-2-36-22-13-7-18(8-14-22)24-15-23(28(35)31-16-17-3-9-20(29)10-4-17)25-26(33-34-27(25)32-24)19-5-11-21(30)12-6-19/h3-14,23-27,32-34H,2,15-16H2,1H3,(H,31,35). The lowest BCUT2D eigenvalue weighted by molar-refractivity contribution is -0.129. The maximum Gasteiger partial charge on any atom is 0.223 e. The number of amides is 1. The first kappa shape index (κ1) is 24.4. The lowest BCUT2D eigenvalue weighted by Gasteiger charge is -2.40. The second-order valence-corrected chi connectivity index (χ2v) is 9.28. The predicted octanol–water partition coefficient (Wildman–Crippen LogP) is 4.12. The van der Waals surface area contributed by atoms with Crippen LogP contribution in [0.4, 0.5) is 8.78 Å². The molecule has 3 aromatic rings. The van der Waals surface area contributed by atoms with Crippen LogP contribution in [-0.2, 0) is 11.3 Å². The van der Waals surface area contributed by atoms with Crippen molar-refractivity contribution in [2.24, 2.45) is 11.8 Å². The van der Waals surface area contributed by atoms with E-state index >= 15 is 0 Å². The number of rotatable bonds is 7. The molecule has 2 fully saturated rings. The van der Waals surface area contributed by atoms with Gasteiger partial charge in [0.1, 0.15) is 17.4 Å². The van der Waals surface area contributed by atoms with Crippen molar-refractivity contribution < 1.29 is 18.3 Å². The summed E-state index contributed by atoms with van der Waals surface area (Å²) in [4.78, 5) is 13.6. The van der Waals surface area contributed by atoms with Crippen molar-refractivity contribution in [1.82, 2.24) is 21.5 Å². The molecule has 1 amide bonds. The lowest BCUT2D eigenvalue weighted by atomic mass is 9.74. The largest absolute Gasteiger partial charge is 0.494 e. The molecule has 0 aromatic heterocycles. The number of ether oxygens (including phenoxy) is 1. The van der Waals surface area contributed by atoms with Gasteiger partial charge in [-0.1, -0.05) is 36.4 Å². The third-order valence-corrected chi connectivity index (χ3v) is 7.04. The van der Waals surface area contributed by atoms with E-state index in [1.807, 2.05) is 31.2 Å². The summed E-state index contributed by atoms with van der Waals surface area (Å²) in [5.41, 5.74) is 9.45. The summed E-state index contributed by atoms with van der Waals surface area (Å²) in [6.07, 6.45) is 0.415. The van der Waals surface area contributed by atoms with Gasteiger partial charge in [-0.05, 0) is 66.4 Å². The maximum atomic E-state index is 13.6. The molecule has 6 nitrogen and oxygen atoms in total. The maximum absolute atomic E-state index is 13.6. The second kappa shape index (κ2) is 10.7. The van der Waals surface area contributed by atoms with Crippen LogP contribution in [0.3, 0.4) is 0 Å². The van der Waals surface area contributed by atoms with Gasteiger partial charge in [-0.3, -0.25) is 10.1 Å². The van der Waals surface area contributed by atoms with Crippen LogP contribution < -0.4 is 26.2 Å². The molecule has 2 saturated heterocycles. The first-order valence-corrected chi connectivity index (χ1v) is 12.3. The number of hydrazine groups is 1. The fraction of sp³-hybridized carbons (Fsp3) is 0.321. The minimum Gasteiger partial charge on any atom is -0.494 e. The highest BCUT2D eigenvalue weighted by Crippen LogP contribution is 2.42. The number of hydrogen-bond donors (Lipinski definition) is 4. The molecule has 5 atom stereocenters. The minimum atomic E-state index is -0.328. The third-order valence-electron chi connectivity index (χ3n) is 7.04. The lowest BCUT2D eigenvalue weighted by Crippen LogP contribution is -2.54. The normalized spacial score (nSPS) is 25.2. The Morgan fingerprint density at radius 1 is 0.917 bits per heavy atom. The summed E-state index contributed by atoms with van der Waals surface area (Å²) in [7, 11) is 0. The van der Waals surface area contributed by atoms with Crippen molar-refractivity contribution in [3.63, 3.8) is 0 Å². The van der Waals surface area contributed by atoms with E-state index in [1.165, 1.54) is 24.3 Å². The van der Waals surface area contributed by atoms with Crippen LogP contribution in [-0.4, -0.2) is 18.7 Å². The molecule has 5 rings (SSSR count). The Morgan fingerprint density at radius 2 is 1.56 bits per heavy atom. The van der Waals surface area contributed by atoms with Crippen molar-refractivity contribution in [3.05, 3.63) is 101 Å². The van der Waals surface area contributed by atoms with Gasteiger partial charge < -0.3 is 10.1 Å². The number of hydrogen-bond acceptors (Lipinski definition) is 5. The van der Waals surface area contributed by atoms with Crippen molar-refractivity contribution in [3.8, 4) is 5.75 Å². The fourth-order valence-corrected chi connectivity index (χ4v) is 5.25. The van der Waals surface area contributed by atoms with Crippen LogP contribution in [0.2, 0.25) is 0 Å². The Labute approximate surface area is 209 Å². The summed E-state index contributed by atoms with van der Waals surface area (Å²) < 4.78 is 32.4. The number of fused-ring (bicyclic) bond motifs is 1. The second-order valence-electron chi connectivity index (χ2n) is 9.28. The molecular weight excluding hydrogens is 462 g/mol. The van der Waals surface area contributed by atoms with E-state index in [0.717, 1.165) is 22.4 Å². The predicted molar refractivity (Wildman–Crippen MR) is 133 cm³/mol. The zero-order valence-corrected chi connectivity index (χ0v) is 20.0. The molecule has 36 heavy (non-hydrogen) atoms. The number of piperidine rings is 1. The highest BCUT2D eigenvalue weighted by molar-refractivity contribution is 5.79. The van der Waals surface area contributed by atoms with Crippen LogP contribution in [0.5, 0.6) is 5.75 Å². The molecule has 2 heterocycles. The van der Waals surface area contributed by atoms with Crippen molar-refractivity contribution in [2.75, 3.05) is 6.61 Å². The number of benzene rings is 3. The van der Waals surface area contributed by atoms with Gasteiger partial charge in [-0.2, -0.15) is 0 Å². The summed E-state index contributed by atoms with van der Waals surface area (Å²) in [6.45, 7) is 2.86. The molecule has 0 radical (unpaired) electrons. The molecule has 5 unspecified atom stereocenters. The smallest absolute Gasteiger partial charge is 0.223 e. The van der Waals surface area contributed by atoms with Crippen molar-refractivity contribution in [2.45, 2.75) is 38.1 Å². The number of carbonyl (C=O) groups is 1. The van der Waals surface area contributed by atoms with Gasteiger partial charge in [0.15, 0.2) is 0 Å². The van der Waals surface area contributed by atoms with Crippen molar-refractivity contribution >= 4 is 5.91 Å². The molecule has 2 aliphatic heterocycles. The summed E-state index contributed by atoms with van der Waals surface area (Å²) >= 11 is 0. The summed E-state index contributed by atoms with van der Waals surface area (Å²) in [5.74, 6) is -0.305. The molecule has 0 spiro atoms. The monoisotopic (exact) mass is 492 g/mol. The van der Waals surface area contributed by atoms with Crippen LogP contribution in [0, 0.1) is 23.5 Å². The Morgan fingerprint density at radius 3 is 2.22 bits per heavy atom. The Hall–Kier alpha value is -3.33. The van der Waals surface area contributed by atoms with Gasteiger partial charge >= 0.3 is 0 Å². The molecular formula is C28H30F2N4O2. The molecule has 8 heteroatoms. The summed E-state index contributed by atoms with van der Waals surface area (Å²) in [5, 5.41) is 6.70. The van der Waals surface area contributed by atoms with Gasteiger partial charge in [0.25, 0.3) is 0 Å². The summed E-state index contributed by atoms with van der Waals surface area (Å²) in [6, 6.07) is 20.2. The molecule has 2 aliphatic rings. The minimum absolute atomic E-state index is 0.0511. The van der Waals surface area contributed by atoms with Crippen LogP contribution >= 0.6 is 0 Å².